The van der Waals surface area contributed by atoms with Gasteiger partial charge in [0.15, 0.2) is 5.69 Å². The van der Waals surface area contributed by atoms with E-state index in [1.165, 1.54) is 7.11 Å². The third-order valence-electron chi connectivity index (χ3n) is 4.79. The van der Waals surface area contributed by atoms with Crippen molar-refractivity contribution in [2.24, 2.45) is 0 Å². The second-order valence-electron chi connectivity index (χ2n) is 7.20. The molecular weight excluding hydrogens is 380 g/mol. The summed E-state index contributed by atoms with van der Waals surface area (Å²) < 4.78 is 9.29. The van der Waals surface area contributed by atoms with Crippen molar-refractivity contribution in [3.8, 4) is 17.3 Å². The highest BCUT2D eigenvalue weighted by Gasteiger charge is 2.20. The third kappa shape index (κ3) is 3.90. The van der Waals surface area contributed by atoms with Crippen molar-refractivity contribution in [1.29, 1.82) is 0 Å². The summed E-state index contributed by atoms with van der Waals surface area (Å²) in [6.07, 6.45) is 7.61. The highest BCUT2D eigenvalue weighted by Crippen LogP contribution is 2.25. The second-order valence-corrected chi connectivity index (χ2v) is 7.20. The zero-order valence-electron chi connectivity index (χ0n) is 17.2. The van der Waals surface area contributed by atoms with E-state index in [-0.39, 0.29) is 5.91 Å². The van der Waals surface area contributed by atoms with Crippen LogP contribution in [0.2, 0.25) is 0 Å². The fourth-order valence-electron chi connectivity index (χ4n) is 3.27. The fraction of sp³-hybridized carbons (Fsp3) is 0.227. The number of amides is 1. The maximum Gasteiger partial charge on any atom is 0.276 e. The number of nitrogens with one attached hydrogen (secondary N) is 1. The van der Waals surface area contributed by atoms with Crippen LogP contribution in [0.25, 0.3) is 16.9 Å². The number of aromatic nitrogens is 4. The largest absolute Gasteiger partial charge is 0.480 e. The first-order valence-corrected chi connectivity index (χ1v) is 9.65. The number of ether oxygens (including phenoxy) is 1. The Morgan fingerprint density at radius 3 is 2.83 bits per heavy atom. The van der Waals surface area contributed by atoms with Crippen molar-refractivity contribution in [3.63, 3.8) is 0 Å². The van der Waals surface area contributed by atoms with Gasteiger partial charge in [0.1, 0.15) is 11.5 Å². The molecule has 0 saturated carbocycles. The zero-order valence-corrected chi connectivity index (χ0v) is 17.2. The van der Waals surface area contributed by atoms with Crippen molar-refractivity contribution in [1.82, 2.24) is 23.8 Å². The summed E-state index contributed by atoms with van der Waals surface area (Å²) >= 11 is 0. The molecule has 0 unspecified atom stereocenters. The van der Waals surface area contributed by atoms with E-state index < -0.39 is 0 Å². The molecule has 1 amide bonds. The van der Waals surface area contributed by atoms with Crippen molar-refractivity contribution < 1.29 is 9.53 Å². The van der Waals surface area contributed by atoms with E-state index in [9.17, 15) is 4.79 Å². The van der Waals surface area contributed by atoms with Crippen LogP contribution in [0, 0.1) is 0 Å². The molecule has 0 aliphatic heterocycles. The van der Waals surface area contributed by atoms with E-state index in [4.69, 9.17) is 4.74 Å². The summed E-state index contributed by atoms with van der Waals surface area (Å²) in [6.45, 7) is 1.82. The Labute approximate surface area is 174 Å². The van der Waals surface area contributed by atoms with Gasteiger partial charge in [-0.2, -0.15) is 0 Å². The molecule has 8 heteroatoms. The SMILES string of the molecule is COc1ncccc1NC(=O)c1nc(-c2ccn(CCN(C)C)c2)n2ccccc12. The summed E-state index contributed by atoms with van der Waals surface area (Å²) in [5, 5.41) is 2.86. The molecule has 0 fully saturated rings. The number of anilines is 1. The molecule has 0 atom stereocenters. The molecule has 8 nitrogen and oxygen atoms in total. The molecule has 4 rings (SSSR count). The number of rotatable bonds is 7. The van der Waals surface area contributed by atoms with Crippen LogP contribution in [0.15, 0.2) is 61.2 Å². The van der Waals surface area contributed by atoms with Gasteiger partial charge >= 0.3 is 0 Å². The first kappa shape index (κ1) is 19.7. The number of methoxy groups -OCH3 is 1. The summed E-state index contributed by atoms with van der Waals surface area (Å²) in [7, 11) is 5.62. The molecule has 0 saturated heterocycles. The monoisotopic (exact) mass is 404 g/mol. The maximum absolute atomic E-state index is 13.0. The quantitative estimate of drug-likeness (QED) is 0.512. The van der Waals surface area contributed by atoms with Gasteiger partial charge in [-0.1, -0.05) is 6.07 Å². The van der Waals surface area contributed by atoms with Crippen LogP contribution in [0.3, 0.4) is 0 Å². The molecule has 4 heterocycles. The Morgan fingerprint density at radius 1 is 1.17 bits per heavy atom. The number of hydrogen-bond acceptors (Lipinski definition) is 5. The maximum atomic E-state index is 13.0. The van der Waals surface area contributed by atoms with E-state index in [2.05, 4.69) is 45.0 Å². The predicted molar refractivity (Wildman–Crippen MR) is 116 cm³/mol. The second kappa shape index (κ2) is 8.38. The zero-order chi connectivity index (χ0) is 21.1. The average molecular weight is 404 g/mol. The standard InChI is InChI=1S/C22H24N6O2/c1-26(2)13-14-27-12-9-16(15-27)20-25-19(18-8-4-5-11-28(18)20)21(29)24-17-7-6-10-23-22(17)30-3/h4-12,15H,13-14H2,1-3H3,(H,24,29). The van der Waals surface area contributed by atoms with Gasteiger partial charge in [0, 0.05) is 43.4 Å². The Morgan fingerprint density at radius 2 is 2.03 bits per heavy atom. The minimum atomic E-state index is -0.316. The lowest BCUT2D eigenvalue weighted by molar-refractivity contribution is 0.102. The van der Waals surface area contributed by atoms with E-state index >= 15 is 0 Å². The molecular formula is C22H24N6O2. The lowest BCUT2D eigenvalue weighted by atomic mass is 10.3. The average Bonchev–Trinajstić information content (AvgIpc) is 3.37. The van der Waals surface area contributed by atoms with E-state index in [1.807, 2.05) is 41.1 Å². The fourth-order valence-corrected chi connectivity index (χ4v) is 3.27. The normalized spacial score (nSPS) is 11.2. The molecule has 154 valence electrons. The van der Waals surface area contributed by atoms with E-state index in [1.54, 1.807) is 18.3 Å². The summed E-state index contributed by atoms with van der Waals surface area (Å²) in [6, 6.07) is 11.2. The molecule has 0 bridgehead atoms. The molecule has 4 aromatic rings. The van der Waals surface area contributed by atoms with Crippen LogP contribution < -0.4 is 10.1 Å². The summed E-state index contributed by atoms with van der Waals surface area (Å²) in [5.74, 6) is 0.758. The number of hydrogen-bond donors (Lipinski definition) is 1. The van der Waals surface area contributed by atoms with Gasteiger partial charge in [-0.05, 0) is 44.4 Å². The lowest BCUT2D eigenvalue weighted by Gasteiger charge is -2.09. The molecule has 0 aromatic carbocycles. The minimum Gasteiger partial charge on any atom is -0.480 e. The van der Waals surface area contributed by atoms with Crippen LogP contribution in [0.1, 0.15) is 10.5 Å². The van der Waals surface area contributed by atoms with Gasteiger partial charge in [-0.25, -0.2) is 9.97 Å². The molecule has 30 heavy (non-hydrogen) atoms. The summed E-state index contributed by atoms with van der Waals surface area (Å²) in [4.78, 5) is 24.0. The first-order valence-electron chi connectivity index (χ1n) is 9.65. The molecule has 0 radical (unpaired) electrons. The van der Waals surface area contributed by atoms with Crippen LogP contribution >= 0.6 is 0 Å². The molecule has 0 aliphatic carbocycles. The van der Waals surface area contributed by atoms with Crippen molar-refractivity contribution >= 4 is 17.1 Å². The van der Waals surface area contributed by atoms with Crippen LogP contribution in [0.4, 0.5) is 5.69 Å². The van der Waals surface area contributed by atoms with Gasteiger partial charge in [0.2, 0.25) is 5.88 Å². The number of carbonyl (C=O) groups excluding carboxylic acids is 1. The first-order chi connectivity index (χ1) is 14.6. The van der Waals surface area contributed by atoms with Gasteiger partial charge in [-0.15, -0.1) is 0 Å². The molecule has 4 aromatic heterocycles. The Hall–Kier alpha value is -3.65. The van der Waals surface area contributed by atoms with E-state index in [0.29, 0.717) is 17.3 Å². The predicted octanol–water partition coefficient (Wildman–Crippen LogP) is 3.02. The van der Waals surface area contributed by atoms with Gasteiger partial charge in [0.25, 0.3) is 5.91 Å². The van der Waals surface area contributed by atoms with Crippen molar-refractivity contribution in [3.05, 3.63) is 66.9 Å². The summed E-state index contributed by atoms with van der Waals surface area (Å²) in [5.41, 5.74) is 2.53. The van der Waals surface area contributed by atoms with Crippen molar-refractivity contribution in [2.75, 3.05) is 33.1 Å². The molecule has 0 spiro atoms. The van der Waals surface area contributed by atoms with E-state index in [0.717, 1.165) is 30.0 Å². The molecule has 1 N–H and O–H groups in total. The Balaban J connectivity index is 1.68. The number of likely N-dealkylation sites (N-methyl/N-ethyl adjacent to an activating group) is 1. The highest BCUT2D eigenvalue weighted by molar-refractivity contribution is 6.08. The van der Waals surface area contributed by atoms with Crippen LogP contribution in [-0.2, 0) is 6.54 Å². The number of pyridine rings is 2. The van der Waals surface area contributed by atoms with Crippen LogP contribution in [-0.4, -0.2) is 57.5 Å². The van der Waals surface area contributed by atoms with Gasteiger partial charge in [-0.3, -0.25) is 9.20 Å². The topological polar surface area (TPSA) is 76.7 Å². The van der Waals surface area contributed by atoms with Crippen LogP contribution in [0.5, 0.6) is 5.88 Å². The highest BCUT2D eigenvalue weighted by atomic mass is 16.5. The molecule has 0 aliphatic rings. The number of imidazole rings is 1. The van der Waals surface area contributed by atoms with Gasteiger partial charge in [0.05, 0.1) is 12.6 Å². The third-order valence-corrected chi connectivity index (χ3v) is 4.79. The Kier molecular flexibility index (Phi) is 5.49. The number of fused-ring (bicyclic) bond motifs is 1. The minimum absolute atomic E-state index is 0.316. The lowest BCUT2D eigenvalue weighted by Crippen LogP contribution is -2.17. The Bertz CT molecular complexity index is 1180. The van der Waals surface area contributed by atoms with Crippen molar-refractivity contribution in [2.45, 2.75) is 6.54 Å². The number of nitrogens with zero attached hydrogens (tertiary/aromatic N) is 5. The smallest absolute Gasteiger partial charge is 0.276 e. The van der Waals surface area contributed by atoms with Gasteiger partial charge < -0.3 is 19.5 Å². The number of carbonyl (C=O) groups is 1.